The lowest BCUT2D eigenvalue weighted by Crippen LogP contribution is -2.58. The van der Waals surface area contributed by atoms with Gasteiger partial charge in [-0.3, -0.25) is 0 Å². The maximum atomic E-state index is 6.64. The molecule has 3 rings (SSSR count). The van der Waals surface area contributed by atoms with Crippen LogP contribution in [0.4, 0.5) is 0 Å². The summed E-state index contributed by atoms with van der Waals surface area (Å²) in [6.07, 6.45) is 6.33. The van der Waals surface area contributed by atoms with E-state index in [1.807, 2.05) is 0 Å². The maximum Gasteiger partial charge on any atom is 0.0721 e. The SMILES string of the molecule is CC1(Cl)CCC2(CC1Br)C1(C)CCC(O1)C2(C)C. The molecule has 2 bridgehead atoms. The van der Waals surface area contributed by atoms with Gasteiger partial charge in [-0.25, -0.2) is 0 Å². The first-order valence-electron chi connectivity index (χ1n) is 7.16. The summed E-state index contributed by atoms with van der Waals surface area (Å²) >= 11 is 10.5. The molecular weight excluding hydrogens is 312 g/mol. The fourth-order valence-corrected chi connectivity index (χ4v) is 5.94. The normalized spacial score (nSPS) is 58.3. The van der Waals surface area contributed by atoms with E-state index >= 15 is 0 Å². The predicted octanol–water partition coefficient (Wildman–Crippen LogP) is 4.90. The van der Waals surface area contributed by atoms with Crippen molar-refractivity contribution in [2.45, 2.75) is 81.2 Å². The highest BCUT2D eigenvalue weighted by Gasteiger charge is 2.71. The van der Waals surface area contributed by atoms with Gasteiger partial charge in [-0.2, -0.15) is 0 Å². The molecule has 2 saturated heterocycles. The molecule has 0 N–H and O–H groups in total. The number of hydrogen-bond donors (Lipinski definition) is 0. The molecule has 2 heterocycles. The van der Waals surface area contributed by atoms with Crippen LogP contribution in [0, 0.1) is 10.8 Å². The summed E-state index contributed by atoms with van der Waals surface area (Å²) in [5, 5.41) is 0. The van der Waals surface area contributed by atoms with Crippen LogP contribution in [0.5, 0.6) is 0 Å². The summed E-state index contributed by atoms with van der Waals surface area (Å²) in [5.74, 6) is 0. The Kier molecular flexibility index (Phi) is 2.80. The van der Waals surface area contributed by atoms with Gasteiger partial charge in [0.2, 0.25) is 0 Å². The highest BCUT2D eigenvalue weighted by Crippen LogP contribution is 2.71. The Morgan fingerprint density at radius 1 is 1.11 bits per heavy atom. The molecule has 2 aliphatic heterocycles. The minimum atomic E-state index is -0.0977. The van der Waals surface area contributed by atoms with Crippen LogP contribution in [0.25, 0.3) is 0 Å². The zero-order valence-corrected chi connectivity index (χ0v) is 14.2. The summed E-state index contributed by atoms with van der Waals surface area (Å²) in [5.41, 5.74) is 0.644. The van der Waals surface area contributed by atoms with Gasteiger partial charge in [0.05, 0.1) is 16.6 Å². The van der Waals surface area contributed by atoms with Gasteiger partial charge in [-0.1, -0.05) is 29.8 Å². The number of rotatable bonds is 0. The largest absolute Gasteiger partial charge is 0.371 e. The Balaban J connectivity index is 2.00. The van der Waals surface area contributed by atoms with Crippen molar-refractivity contribution in [1.29, 1.82) is 0 Å². The van der Waals surface area contributed by atoms with Crippen LogP contribution >= 0.6 is 27.5 Å². The van der Waals surface area contributed by atoms with Gasteiger partial charge in [0.1, 0.15) is 0 Å². The molecule has 0 aromatic carbocycles. The highest BCUT2D eigenvalue weighted by molar-refractivity contribution is 9.09. The van der Waals surface area contributed by atoms with Gasteiger partial charge in [0.15, 0.2) is 0 Å². The molecule has 0 amide bonds. The fourth-order valence-electron chi connectivity index (χ4n) is 4.99. The third-order valence-electron chi connectivity index (χ3n) is 6.56. The zero-order valence-electron chi connectivity index (χ0n) is 11.9. The lowest BCUT2D eigenvalue weighted by molar-refractivity contribution is -0.0690. The third kappa shape index (κ3) is 1.43. The molecule has 1 spiro atoms. The molecule has 1 saturated carbocycles. The molecule has 1 nitrogen and oxygen atoms in total. The van der Waals surface area contributed by atoms with Gasteiger partial charge in [0.25, 0.3) is 0 Å². The van der Waals surface area contributed by atoms with E-state index in [0.717, 1.165) is 12.8 Å². The summed E-state index contributed by atoms with van der Waals surface area (Å²) in [4.78, 5) is 0.291. The summed E-state index contributed by atoms with van der Waals surface area (Å²) in [6.45, 7) is 9.35. The molecule has 3 fully saturated rings. The van der Waals surface area contributed by atoms with Crippen LogP contribution in [0.3, 0.4) is 0 Å². The van der Waals surface area contributed by atoms with Crippen molar-refractivity contribution in [2.24, 2.45) is 10.8 Å². The van der Waals surface area contributed by atoms with E-state index < -0.39 is 0 Å². The van der Waals surface area contributed by atoms with Crippen LogP contribution in [0.1, 0.15) is 59.8 Å². The quantitative estimate of drug-likeness (QED) is 0.572. The van der Waals surface area contributed by atoms with Crippen molar-refractivity contribution in [3.8, 4) is 0 Å². The van der Waals surface area contributed by atoms with Gasteiger partial charge in [-0.05, 0) is 51.4 Å². The summed E-state index contributed by atoms with van der Waals surface area (Å²) < 4.78 is 6.42. The molecule has 1 aliphatic carbocycles. The topological polar surface area (TPSA) is 9.23 Å². The van der Waals surface area contributed by atoms with Crippen molar-refractivity contribution in [3.05, 3.63) is 0 Å². The average Bonchev–Trinajstić information content (AvgIpc) is 2.71. The monoisotopic (exact) mass is 334 g/mol. The Bertz CT molecular complexity index is 374. The van der Waals surface area contributed by atoms with Crippen LogP contribution < -0.4 is 0 Å². The molecule has 0 radical (unpaired) electrons. The molecule has 3 heteroatoms. The number of fused-ring (bicyclic) bond motifs is 3. The lowest BCUT2D eigenvalue weighted by Gasteiger charge is -2.57. The van der Waals surface area contributed by atoms with Crippen molar-refractivity contribution in [3.63, 3.8) is 0 Å². The second-order valence-electron chi connectivity index (χ2n) is 7.63. The zero-order chi connectivity index (χ0) is 13.4. The fraction of sp³-hybridized carbons (Fsp3) is 1.00. The Labute approximate surface area is 124 Å². The first kappa shape index (κ1) is 13.7. The van der Waals surface area contributed by atoms with Gasteiger partial charge < -0.3 is 4.74 Å². The van der Waals surface area contributed by atoms with Crippen LogP contribution in [-0.4, -0.2) is 21.4 Å². The first-order chi connectivity index (χ1) is 8.15. The number of ether oxygens (including phenoxy) is 1. The van der Waals surface area contributed by atoms with Crippen molar-refractivity contribution in [1.82, 2.24) is 0 Å². The molecule has 18 heavy (non-hydrogen) atoms. The molecule has 104 valence electrons. The minimum Gasteiger partial charge on any atom is -0.371 e. The highest BCUT2D eigenvalue weighted by atomic mass is 79.9. The van der Waals surface area contributed by atoms with Gasteiger partial charge >= 0.3 is 0 Å². The predicted molar refractivity (Wildman–Crippen MR) is 79.6 cm³/mol. The van der Waals surface area contributed by atoms with E-state index in [-0.39, 0.29) is 15.9 Å². The van der Waals surface area contributed by atoms with Crippen molar-refractivity contribution in [2.75, 3.05) is 0 Å². The second-order valence-corrected chi connectivity index (χ2v) is 9.60. The summed E-state index contributed by atoms with van der Waals surface area (Å²) in [6, 6.07) is 0. The third-order valence-corrected chi connectivity index (χ3v) is 8.61. The lowest BCUT2D eigenvalue weighted by atomic mass is 9.47. The van der Waals surface area contributed by atoms with Crippen LogP contribution in [-0.2, 0) is 4.74 Å². The van der Waals surface area contributed by atoms with E-state index in [1.54, 1.807) is 0 Å². The minimum absolute atomic E-state index is 0.0700. The molecule has 5 atom stereocenters. The second kappa shape index (κ2) is 3.68. The molecular formula is C15H24BrClO. The van der Waals surface area contributed by atoms with Crippen molar-refractivity contribution >= 4 is 27.5 Å². The molecule has 0 aromatic rings. The van der Waals surface area contributed by atoms with E-state index in [4.69, 9.17) is 16.3 Å². The van der Waals surface area contributed by atoms with Crippen LogP contribution in [0.2, 0.25) is 0 Å². The number of halogens is 2. The number of hydrogen-bond acceptors (Lipinski definition) is 1. The van der Waals surface area contributed by atoms with Crippen LogP contribution in [0.15, 0.2) is 0 Å². The van der Waals surface area contributed by atoms with E-state index in [2.05, 4.69) is 43.6 Å². The Hall–Kier alpha value is 0.730. The smallest absolute Gasteiger partial charge is 0.0721 e. The number of alkyl halides is 2. The van der Waals surface area contributed by atoms with E-state index in [9.17, 15) is 0 Å². The van der Waals surface area contributed by atoms with E-state index in [0.29, 0.717) is 16.3 Å². The molecule has 5 unspecified atom stereocenters. The maximum absolute atomic E-state index is 6.64. The molecule has 3 aliphatic rings. The van der Waals surface area contributed by atoms with Gasteiger partial charge in [-0.15, -0.1) is 11.6 Å². The van der Waals surface area contributed by atoms with E-state index in [1.165, 1.54) is 19.3 Å². The molecule has 0 aromatic heterocycles. The standard InChI is InChI=1S/C15H24BrClO/c1-12(2)11-5-6-14(4,18-11)15(12)8-7-13(3,17)10(16)9-15/h10-11H,5-9H2,1-4H3. The summed E-state index contributed by atoms with van der Waals surface area (Å²) in [7, 11) is 0. The Morgan fingerprint density at radius 2 is 1.78 bits per heavy atom. The average molecular weight is 336 g/mol. The Morgan fingerprint density at radius 3 is 2.28 bits per heavy atom. The van der Waals surface area contributed by atoms with Gasteiger partial charge in [0, 0.05) is 10.2 Å². The first-order valence-corrected chi connectivity index (χ1v) is 8.45. The van der Waals surface area contributed by atoms with Crippen molar-refractivity contribution < 1.29 is 4.74 Å².